The molecule has 1 saturated heterocycles. The van der Waals surface area contributed by atoms with E-state index in [1.807, 2.05) is 12.1 Å². The van der Waals surface area contributed by atoms with Crippen molar-refractivity contribution in [1.29, 1.82) is 0 Å². The number of hydrogen-bond acceptors (Lipinski definition) is 7. The summed E-state index contributed by atoms with van der Waals surface area (Å²) >= 11 is 12.0. The number of piperidine rings is 1. The summed E-state index contributed by atoms with van der Waals surface area (Å²) in [5.41, 5.74) is 0.225. The second-order valence-electron chi connectivity index (χ2n) is 7.61. The van der Waals surface area contributed by atoms with E-state index < -0.39 is 34.9 Å². The van der Waals surface area contributed by atoms with Gasteiger partial charge in [-0.15, -0.1) is 0 Å². The monoisotopic (exact) mass is 609 g/mol. The number of halogens is 5. The number of methoxy groups -OCH3 is 1. The van der Waals surface area contributed by atoms with E-state index in [1.165, 1.54) is 23.9 Å². The Kier molecular flexibility index (Phi) is 14.6. The van der Waals surface area contributed by atoms with Crippen LogP contribution < -0.4 is 5.32 Å². The minimum absolute atomic E-state index is 0.156. The lowest BCUT2D eigenvalue weighted by atomic mass is 9.89. The van der Waals surface area contributed by atoms with Gasteiger partial charge in [0.2, 0.25) is 0 Å². The van der Waals surface area contributed by atoms with Gasteiger partial charge in [0.15, 0.2) is 0 Å². The first-order chi connectivity index (χ1) is 18.2. The van der Waals surface area contributed by atoms with Crippen LogP contribution in [0.4, 0.5) is 13.2 Å². The summed E-state index contributed by atoms with van der Waals surface area (Å²) < 4.78 is 43.2. The zero-order valence-corrected chi connectivity index (χ0v) is 22.7. The van der Waals surface area contributed by atoms with Crippen LogP contribution in [0, 0.1) is 0 Å². The van der Waals surface area contributed by atoms with Crippen LogP contribution in [0.1, 0.15) is 29.9 Å². The fourth-order valence-corrected chi connectivity index (χ4v) is 4.33. The van der Waals surface area contributed by atoms with Crippen molar-refractivity contribution in [3.63, 3.8) is 0 Å². The molecular weight excluding hydrogens is 586 g/mol. The quantitative estimate of drug-likeness (QED) is 0.165. The van der Waals surface area contributed by atoms with E-state index in [4.69, 9.17) is 21.8 Å². The first-order valence-corrected chi connectivity index (χ1v) is 12.6. The molecule has 1 aliphatic rings. The van der Waals surface area contributed by atoms with Crippen molar-refractivity contribution in [2.24, 2.45) is 0 Å². The van der Waals surface area contributed by atoms with Crippen LogP contribution in [0.5, 0.6) is 0 Å². The summed E-state index contributed by atoms with van der Waals surface area (Å²) in [6, 6.07) is 11.4. The van der Waals surface area contributed by atoms with Crippen molar-refractivity contribution >= 4 is 58.1 Å². The van der Waals surface area contributed by atoms with Gasteiger partial charge in [0, 0.05) is 27.0 Å². The lowest BCUT2D eigenvalue weighted by Crippen LogP contribution is -2.27. The van der Waals surface area contributed by atoms with Crippen LogP contribution in [0.15, 0.2) is 64.4 Å². The number of aliphatic carboxylic acids is 2. The molecule has 212 valence electrons. The summed E-state index contributed by atoms with van der Waals surface area (Å²) in [4.78, 5) is 40.4. The maximum Gasteiger partial charge on any atom is 0.416 e. The standard InChI is InChI=1S/C18H17ClF3NS.C4H4O4.C3H3ClO3/c19-14-2-4-15(5-3-14)24-17-6-1-13(18(20,21)22)11-16(17)12-7-9-23-10-8-12;5-3(6)1-2-4(7)8;1-7-3(6)2(4)5/h1-6,11-12,23H,7-10H2;1-2H,(H,5,6)(H,7,8);1H3/b;2-1+;. The molecule has 0 bridgehead atoms. The molecule has 0 aliphatic carbocycles. The predicted octanol–water partition coefficient (Wildman–Crippen LogP) is 5.61. The third kappa shape index (κ3) is 13.5. The molecule has 2 aromatic rings. The molecule has 3 N–H and O–H groups in total. The Morgan fingerprint density at radius 3 is 1.95 bits per heavy atom. The van der Waals surface area contributed by atoms with Crippen molar-refractivity contribution in [3.05, 3.63) is 70.8 Å². The van der Waals surface area contributed by atoms with Crippen molar-refractivity contribution in [1.82, 2.24) is 5.32 Å². The van der Waals surface area contributed by atoms with Gasteiger partial charge in [-0.25, -0.2) is 14.4 Å². The molecular formula is C25H24Cl2F3NO7S. The number of carbonyl (C=O) groups is 4. The zero-order valence-electron chi connectivity index (χ0n) is 20.3. The minimum Gasteiger partial charge on any atom is -0.478 e. The highest BCUT2D eigenvalue weighted by Crippen LogP contribution is 2.40. The third-order valence-electron chi connectivity index (χ3n) is 4.87. The van der Waals surface area contributed by atoms with E-state index in [9.17, 15) is 32.3 Å². The van der Waals surface area contributed by atoms with Gasteiger partial charge in [0.25, 0.3) is 0 Å². The largest absolute Gasteiger partial charge is 0.478 e. The molecule has 39 heavy (non-hydrogen) atoms. The fourth-order valence-electron chi connectivity index (χ4n) is 3.12. The number of carbonyl (C=O) groups excluding carboxylic acids is 2. The summed E-state index contributed by atoms with van der Waals surface area (Å²) in [5, 5.41) is 18.4. The van der Waals surface area contributed by atoms with Crippen LogP contribution in [-0.4, -0.2) is 53.6 Å². The topological polar surface area (TPSA) is 130 Å². The summed E-state index contributed by atoms with van der Waals surface area (Å²) in [6.07, 6.45) is -1.49. The number of rotatable bonds is 6. The molecule has 0 atom stereocenters. The van der Waals surface area contributed by atoms with Crippen molar-refractivity contribution in [2.75, 3.05) is 20.2 Å². The Balaban J connectivity index is 0.000000419. The lowest BCUT2D eigenvalue weighted by molar-refractivity contribution is -0.148. The van der Waals surface area contributed by atoms with Gasteiger partial charge >= 0.3 is 29.3 Å². The van der Waals surface area contributed by atoms with Gasteiger partial charge in [-0.1, -0.05) is 23.4 Å². The highest BCUT2D eigenvalue weighted by molar-refractivity contribution is 7.99. The summed E-state index contributed by atoms with van der Waals surface area (Å²) in [6.45, 7) is 1.68. The first kappa shape index (κ1) is 34.0. The Morgan fingerprint density at radius 2 is 1.54 bits per heavy atom. The maximum atomic E-state index is 13.1. The number of carboxylic acids is 2. The van der Waals surface area contributed by atoms with Crippen LogP contribution in [0.3, 0.4) is 0 Å². The highest BCUT2D eigenvalue weighted by Gasteiger charge is 2.32. The minimum atomic E-state index is -4.31. The molecule has 14 heteroatoms. The SMILES string of the molecule is COC(=O)C(=O)Cl.FC(F)(F)c1ccc(Sc2ccc(Cl)cc2)c(C2CCNCC2)c1.O=C(O)/C=C/C(=O)O. The van der Waals surface area contributed by atoms with Crippen LogP contribution in [0.2, 0.25) is 5.02 Å². The number of hydrogen-bond donors (Lipinski definition) is 3. The van der Waals surface area contributed by atoms with Crippen molar-refractivity contribution in [3.8, 4) is 0 Å². The Morgan fingerprint density at radius 1 is 1.00 bits per heavy atom. The van der Waals surface area contributed by atoms with Crippen molar-refractivity contribution < 1.29 is 47.3 Å². The number of ether oxygens (including phenoxy) is 1. The molecule has 2 aromatic carbocycles. The molecule has 0 unspecified atom stereocenters. The smallest absolute Gasteiger partial charge is 0.416 e. The normalized spacial score (nSPS) is 13.4. The van der Waals surface area contributed by atoms with Gasteiger partial charge in [0.1, 0.15) is 0 Å². The molecule has 0 aromatic heterocycles. The number of nitrogens with one attached hydrogen (secondary N) is 1. The van der Waals surface area contributed by atoms with Gasteiger partial charge in [-0.3, -0.25) is 4.79 Å². The van der Waals surface area contributed by atoms with Gasteiger partial charge in [-0.05, 0) is 91.5 Å². The Labute approximate surface area is 236 Å². The number of alkyl halides is 3. The highest BCUT2D eigenvalue weighted by atomic mass is 35.5. The molecule has 8 nitrogen and oxygen atoms in total. The van der Waals surface area contributed by atoms with Crippen LogP contribution in [-0.2, 0) is 30.1 Å². The second-order valence-corrected chi connectivity index (χ2v) is 9.50. The van der Waals surface area contributed by atoms with Gasteiger partial charge < -0.3 is 20.3 Å². The average Bonchev–Trinajstić information content (AvgIpc) is 2.89. The van der Waals surface area contributed by atoms with E-state index in [-0.39, 0.29) is 5.92 Å². The fraction of sp³-hybridized carbons (Fsp3) is 0.280. The summed E-state index contributed by atoms with van der Waals surface area (Å²) in [5.74, 6) is -3.38. The van der Waals surface area contributed by atoms with E-state index in [2.05, 4.69) is 21.7 Å². The lowest BCUT2D eigenvalue weighted by Gasteiger charge is -2.26. The molecule has 0 saturated carbocycles. The number of esters is 1. The van der Waals surface area contributed by atoms with E-state index in [0.717, 1.165) is 48.4 Å². The van der Waals surface area contributed by atoms with Crippen molar-refractivity contribution in [2.45, 2.75) is 34.7 Å². The molecule has 0 spiro atoms. The van der Waals surface area contributed by atoms with E-state index in [1.54, 1.807) is 18.2 Å². The predicted molar refractivity (Wildman–Crippen MR) is 139 cm³/mol. The average molecular weight is 610 g/mol. The van der Waals surface area contributed by atoms with Crippen LogP contribution >= 0.6 is 35.0 Å². The van der Waals surface area contributed by atoms with Crippen LogP contribution in [0.25, 0.3) is 0 Å². The van der Waals surface area contributed by atoms with E-state index in [0.29, 0.717) is 17.2 Å². The third-order valence-corrected chi connectivity index (χ3v) is 6.38. The van der Waals surface area contributed by atoms with Gasteiger partial charge in [-0.2, -0.15) is 13.2 Å². The second kappa shape index (κ2) is 16.8. The van der Waals surface area contributed by atoms with E-state index >= 15 is 0 Å². The molecule has 1 heterocycles. The first-order valence-electron chi connectivity index (χ1n) is 11.0. The molecule has 1 aliphatic heterocycles. The zero-order chi connectivity index (χ0) is 29.6. The molecule has 0 radical (unpaired) electrons. The Bertz CT molecular complexity index is 1150. The molecule has 3 rings (SSSR count). The summed E-state index contributed by atoms with van der Waals surface area (Å²) in [7, 11) is 1.09. The molecule has 1 fully saturated rings. The number of benzene rings is 2. The Hall–Kier alpha value is -3.06. The maximum absolute atomic E-state index is 13.1. The van der Waals surface area contributed by atoms with Gasteiger partial charge in [0.05, 0.1) is 12.7 Å². The molecule has 0 amide bonds. The number of carboxylic acid groups (broad SMARTS) is 2.